The quantitative estimate of drug-likeness (QED) is 0.702. The Morgan fingerprint density at radius 1 is 1.31 bits per heavy atom. The molecule has 0 heterocycles. The number of hydrogen-bond donors (Lipinski definition) is 2. The van der Waals surface area contributed by atoms with Crippen molar-refractivity contribution >= 4 is 18.3 Å². The third-order valence-corrected chi connectivity index (χ3v) is 2.41. The number of aryl methyl sites for hydroxylation is 1. The Balaban J connectivity index is 2.73. The molecule has 0 aliphatic carbocycles. The monoisotopic (exact) mass is 195 g/mol. The molecular formula is C11H17NS. The summed E-state index contributed by atoms with van der Waals surface area (Å²) in [6, 6.07) is 6.38. The highest BCUT2D eigenvalue weighted by Crippen LogP contribution is 2.21. The van der Waals surface area contributed by atoms with E-state index in [-0.39, 0.29) is 0 Å². The van der Waals surface area contributed by atoms with Crippen LogP contribution in [0.5, 0.6) is 0 Å². The van der Waals surface area contributed by atoms with Gasteiger partial charge in [-0.05, 0) is 30.5 Å². The minimum atomic E-state index is 1.01. The van der Waals surface area contributed by atoms with Gasteiger partial charge in [-0.1, -0.05) is 19.9 Å². The Bertz CT molecular complexity index is 271. The molecule has 0 radical (unpaired) electrons. The molecule has 1 N–H and O–H groups in total. The first-order chi connectivity index (χ1) is 6.27. The number of benzene rings is 1. The lowest BCUT2D eigenvalue weighted by atomic mass is 10.1. The van der Waals surface area contributed by atoms with Crippen molar-refractivity contribution in [2.75, 3.05) is 11.9 Å². The zero-order valence-corrected chi connectivity index (χ0v) is 9.20. The Labute approximate surface area is 86.0 Å². The van der Waals surface area contributed by atoms with E-state index in [0.29, 0.717) is 0 Å². The lowest BCUT2D eigenvalue weighted by molar-refractivity contribution is 0.973. The van der Waals surface area contributed by atoms with E-state index in [1.54, 1.807) is 0 Å². The highest BCUT2D eigenvalue weighted by Gasteiger charge is 1.98. The van der Waals surface area contributed by atoms with Crippen LogP contribution in [0.3, 0.4) is 0 Å². The van der Waals surface area contributed by atoms with Crippen molar-refractivity contribution in [1.82, 2.24) is 0 Å². The first kappa shape index (κ1) is 10.5. The van der Waals surface area contributed by atoms with Gasteiger partial charge >= 0.3 is 0 Å². The number of hydrogen-bond acceptors (Lipinski definition) is 2. The maximum atomic E-state index is 4.43. The summed E-state index contributed by atoms with van der Waals surface area (Å²) >= 11 is 4.43. The first-order valence-corrected chi connectivity index (χ1v) is 5.28. The minimum absolute atomic E-state index is 1.01. The molecule has 0 unspecified atom stereocenters. The van der Waals surface area contributed by atoms with E-state index in [0.717, 1.165) is 30.0 Å². The van der Waals surface area contributed by atoms with Crippen molar-refractivity contribution in [2.45, 2.75) is 31.6 Å². The van der Waals surface area contributed by atoms with Crippen LogP contribution in [0.15, 0.2) is 23.1 Å². The SMILES string of the molecule is CCCNc1ccc(CC)cc1S. The van der Waals surface area contributed by atoms with Gasteiger partial charge in [0.05, 0.1) is 0 Å². The maximum absolute atomic E-state index is 4.43. The van der Waals surface area contributed by atoms with Crippen LogP contribution in [0.4, 0.5) is 5.69 Å². The van der Waals surface area contributed by atoms with Crippen molar-refractivity contribution in [3.8, 4) is 0 Å². The molecule has 0 atom stereocenters. The van der Waals surface area contributed by atoms with Crippen LogP contribution in [0.1, 0.15) is 25.8 Å². The van der Waals surface area contributed by atoms with Crippen LogP contribution >= 0.6 is 12.6 Å². The second-order valence-corrected chi connectivity index (χ2v) is 3.61. The Kier molecular flexibility index (Phi) is 4.16. The van der Waals surface area contributed by atoms with Crippen molar-refractivity contribution < 1.29 is 0 Å². The average molecular weight is 195 g/mol. The van der Waals surface area contributed by atoms with Gasteiger partial charge in [-0.25, -0.2) is 0 Å². The van der Waals surface area contributed by atoms with E-state index in [1.165, 1.54) is 5.56 Å². The smallest absolute Gasteiger partial charge is 0.0475 e. The summed E-state index contributed by atoms with van der Waals surface area (Å²) in [5.41, 5.74) is 2.48. The number of rotatable bonds is 4. The summed E-state index contributed by atoms with van der Waals surface area (Å²) in [5, 5.41) is 3.34. The summed E-state index contributed by atoms with van der Waals surface area (Å²) in [4.78, 5) is 1.05. The van der Waals surface area contributed by atoms with Crippen molar-refractivity contribution in [1.29, 1.82) is 0 Å². The van der Waals surface area contributed by atoms with Crippen molar-refractivity contribution in [3.05, 3.63) is 23.8 Å². The predicted octanol–water partition coefficient (Wildman–Crippen LogP) is 3.36. The summed E-state index contributed by atoms with van der Waals surface area (Å²) in [6.07, 6.45) is 2.21. The fraction of sp³-hybridized carbons (Fsp3) is 0.455. The summed E-state index contributed by atoms with van der Waals surface area (Å²) < 4.78 is 0. The summed E-state index contributed by atoms with van der Waals surface area (Å²) in [5.74, 6) is 0. The largest absolute Gasteiger partial charge is 0.384 e. The fourth-order valence-corrected chi connectivity index (χ4v) is 1.53. The molecule has 1 nitrogen and oxygen atoms in total. The van der Waals surface area contributed by atoms with E-state index < -0.39 is 0 Å². The van der Waals surface area contributed by atoms with Crippen molar-refractivity contribution in [3.63, 3.8) is 0 Å². The zero-order chi connectivity index (χ0) is 9.68. The lowest BCUT2D eigenvalue weighted by Gasteiger charge is -2.08. The maximum Gasteiger partial charge on any atom is 0.0475 e. The third-order valence-electron chi connectivity index (χ3n) is 2.04. The molecule has 0 bridgehead atoms. The lowest BCUT2D eigenvalue weighted by Crippen LogP contribution is -2.00. The van der Waals surface area contributed by atoms with Gasteiger partial charge in [0, 0.05) is 17.1 Å². The molecule has 2 heteroatoms. The highest BCUT2D eigenvalue weighted by molar-refractivity contribution is 7.80. The predicted molar refractivity (Wildman–Crippen MR) is 61.9 cm³/mol. The fourth-order valence-electron chi connectivity index (χ4n) is 1.21. The number of nitrogens with one attached hydrogen (secondary N) is 1. The molecule has 13 heavy (non-hydrogen) atoms. The molecule has 0 amide bonds. The van der Waals surface area contributed by atoms with Crippen LogP contribution in [0, 0.1) is 0 Å². The molecule has 0 saturated carbocycles. The topological polar surface area (TPSA) is 12.0 Å². The van der Waals surface area contributed by atoms with E-state index >= 15 is 0 Å². The van der Waals surface area contributed by atoms with Gasteiger partial charge in [-0.3, -0.25) is 0 Å². The van der Waals surface area contributed by atoms with E-state index in [4.69, 9.17) is 0 Å². The molecule has 1 aromatic carbocycles. The van der Waals surface area contributed by atoms with Crippen molar-refractivity contribution in [2.24, 2.45) is 0 Å². The summed E-state index contributed by atoms with van der Waals surface area (Å²) in [7, 11) is 0. The van der Waals surface area contributed by atoms with Crippen LogP contribution < -0.4 is 5.32 Å². The third kappa shape index (κ3) is 2.96. The van der Waals surface area contributed by atoms with Gasteiger partial charge in [0.25, 0.3) is 0 Å². The standard InChI is InChI=1S/C11H17NS/c1-3-7-12-10-6-5-9(4-2)8-11(10)13/h5-6,8,12-13H,3-4,7H2,1-2H3. The van der Waals surface area contributed by atoms with Crippen LogP contribution in [-0.4, -0.2) is 6.54 Å². The Morgan fingerprint density at radius 3 is 2.62 bits per heavy atom. The molecule has 0 aliphatic heterocycles. The molecule has 72 valence electrons. The van der Waals surface area contributed by atoms with E-state index in [2.05, 4.69) is 50.0 Å². The number of thiol groups is 1. The molecule has 0 saturated heterocycles. The normalized spacial score (nSPS) is 10.1. The highest BCUT2D eigenvalue weighted by atomic mass is 32.1. The second kappa shape index (κ2) is 5.18. The van der Waals surface area contributed by atoms with Gasteiger partial charge < -0.3 is 5.32 Å². The minimum Gasteiger partial charge on any atom is -0.384 e. The molecule has 0 spiro atoms. The van der Waals surface area contributed by atoms with Gasteiger partial charge in [-0.15, -0.1) is 12.6 Å². The Morgan fingerprint density at radius 2 is 2.08 bits per heavy atom. The Hall–Kier alpha value is -0.630. The first-order valence-electron chi connectivity index (χ1n) is 4.83. The van der Waals surface area contributed by atoms with Gasteiger partial charge in [0.2, 0.25) is 0 Å². The van der Waals surface area contributed by atoms with E-state index in [1.807, 2.05) is 0 Å². The summed E-state index contributed by atoms with van der Waals surface area (Å²) in [6.45, 7) is 5.33. The molecule has 1 aromatic rings. The van der Waals surface area contributed by atoms with Crippen LogP contribution in [0.25, 0.3) is 0 Å². The van der Waals surface area contributed by atoms with Gasteiger partial charge in [0.1, 0.15) is 0 Å². The zero-order valence-electron chi connectivity index (χ0n) is 8.30. The van der Waals surface area contributed by atoms with Gasteiger partial charge in [-0.2, -0.15) is 0 Å². The van der Waals surface area contributed by atoms with Gasteiger partial charge in [0.15, 0.2) is 0 Å². The molecule has 0 aliphatic rings. The number of anilines is 1. The molecule has 0 aromatic heterocycles. The second-order valence-electron chi connectivity index (χ2n) is 3.13. The molecular weight excluding hydrogens is 178 g/mol. The average Bonchev–Trinajstić information content (AvgIpc) is 2.16. The van der Waals surface area contributed by atoms with Crippen LogP contribution in [0.2, 0.25) is 0 Å². The molecule has 1 rings (SSSR count). The van der Waals surface area contributed by atoms with Crippen LogP contribution in [-0.2, 0) is 6.42 Å². The molecule has 0 fully saturated rings. The van der Waals surface area contributed by atoms with E-state index in [9.17, 15) is 0 Å².